The minimum atomic E-state index is -0.870. The Morgan fingerprint density at radius 1 is 1.36 bits per heavy atom. The number of nitrogens with zero attached hydrogens (tertiary/aromatic N) is 4. The van der Waals surface area contributed by atoms with Crippen molar-refractivity contribution in [2.45, 2.75) is 26.8 Å². The number of pyridine rings is 1. The molecule has 0 aromatic carbocycles. The first-order valence-corrected chi connectivity index (χ1v) is 8.11. The molecule has 1 fully saturated rings. The fourth-order valence-corrected chi connectivity index (χ4v) is 2.98. The van der Waals surface area contributed by atoms with Gasteiger partial charge in [0.05, 0.1) is 5.41 Å². The Kier molecular flexibility index (Phi) is 4.43. The van der Waals surface area contributed by atoms with E-state index in [0.29, 0.717) is 19.5 Å². The van der Waals surface area contributed by atoms with Crippen LogP contribution < -0.4 is 5.32 Å². The van der Waals surface area contributed by atoms with Crippen molar-refractivity contribution >= 4 is 12.0 Å². The summed E-state index contributed by atoms with van der Waals surface area (Å²) in [6, 6.07) is 3.45. The molecule has 2 amide bonds. The number of urea groups is 1. The Balaban J connectivity index is 1.68. The molecule has 132 valence electrons. The quantitative estimate of drug-likeness (QED) is 0.878. The Hall–Kier alpha value is -2.90. The van der Waals surface area contributed by atoms with Crippen LogP contribution in [0.15, 0.2) is 30.7 Å². The third-order valence-corrected chi connectivity index (χ3v) is 4.63. The monoisotopic (exact) mass is 343 g/mol. The molecule has 1 unspecified atom stereocenters. The van der Waals surface area contributed by atoms with Crippen LogP contribution in [0.3, 0.4) is 0 Å². The number of carboxylic acids is 1. The molecule has 0 aliphatic carbocycles. The van der Waals surface area contributed by atoms with E-state index in [1.807, 2.05) is 29.8 Å². The van der Waals surface area contributed by atoms with Gasteiger partial charge in [0.2, 0.25) is 0 Å². The molecule has 1 aliphatic heterocycles. The molecule has 1 saturated heterocycles. The fraction of sp³-hybridized carbons (Fsp3) is 0.412. The lowest BCUT2D eigenvalue weighted by molar-refractivity contribution is -0.147. The largest absolute Gasteiger partial charge is 0.481 e. The third-order valence-electron chi connectivity index (χ3n) is 4.63. The second-order valence-corrected chi connectivity index (χ2v) is 6.53. The van der Waals surface area contributed by atoms with Crippen molar-refractivity contribution in [2.24, 2.45) is 5.41 Å². The maximum absolute atomic E-state index is 12.4. The molecule has 2 N–H and O–H groups in total. The highest BCUT2D eigenvalue weighted by Crippen LogP contribution is 2.30. The number of amides is 2. The summed E-state index contributed by atoms with van der Waals surface area (Å²) in [4.78, 5) is 33.8. The van der Waals surface area contributed by atoms with Gasteiger partial charge in [-0.2, -0.15) is 0 Å². The summed E-state index contributed by atoms with van der Waals surface area (Å²) in [5.41, 5.74) is -0.0118. The van der Waals surface area contributed by atoms with Crippen LogP contribution in [0.4, 0.5) is 4.79 Å². The number of aryl methyl sites for hydroxylation is 1. The topological polar surface area (TPSA) is 100 Å². The first-order chi connectivity index (χ1) is 11.9. The van der Waals surface area contributed by atoms with Gasteiger partial charge in [-0.25, -0.2) is 14.8 Å². The molecule has 0 saturated carbocycles. The summed E-state index contributed by atoms with van der Waals surface area (Å²) in [6.45, 7) is 4.52. The van der Waals surface area contributed by atoms with Gasteiger partial charge in [0.1, 0.15) is 11.6 Å². The first kappa shape index (κ1) is 16.9. The van der Waals surface area contributed by atoms with Gasteiger partial charge in [0.25, 0.3) is 0 Å². The lowest BCUT2D eigenvalue weighted by atomic mass is 9.90. The number of hydrogen-bond donors (Lipinski definition) is 2. The van der Waals surface area contributed by atoms with E-state index in [4.69, 9.17) is 0 Å². The second-order valence-electron chi connectivity index (χ2n) is 6.53. The van der Waals surface area contributed by atoms with Crippen LogP contribution >= 0.6 is 0 Å². The highest BCUT2D eigenvalue weighted by molar-refractivity contribution is 5.79. The average molecular weight is 343 g/mol. The Morgan fingerprint density at radius 2 is 2.16 bits per heavy atom. The van der Waals surface area contributed by atoms with E-state index >= 15 is 0 Å². The van der Waals surface area contributed by atoms with Crippen LogP contribution in [0.2, 0.25) is 0 Å². The van der Waals surface area contributed by atoms with Gasteiger partial charge in [-0.1, -0.05) is 6.07 Å². The normalized spacial score (nSPS) is 19.8. The molecule has 0 bridgehead atoms. The predicted molar refractivity (Wildman–Crippen MR) is 90.3 cm³/mol. The van der Waals surface area contributed by atoms with Crippen molar-refractivity contribution in [1.82, 2.24) is 24.8 Å². The van der Waals surface area contributed by atoms with Crippen LogP contribution in [-0.4, -0.2) is 49.6 Å². The summed E-state index contributed by atoms with van der Waals surface area (Å²) >= 11 is 0. The Bertz CT molecular complexity index is 803. The number of carbonyl (C=O) groups is 2. The van der Waals surface area contributed by atoms with Gasteiger partial charge in [0.15, 0.2) is 0 Å². The summed E-state index contributed by atoms with van der Waals surface area (Å²) in [6.07, 6.45) is 5.67. The highest BCUT2D eigenvalue weighted by atomic mass is 16.4. The molecule has 0 radical (unpaired) electrons. The zero-order chi connectivity index (χ0) is 18.0. The molecule has 0 spiro atoms. The smallest absolute Gasteiger partial charge is 0.317 e. The molecule has 8 nitrogen and oxygen atoms in total. The second kappa shape index (κ2) is 6.54. The molecular weight excluding hydrogens is 322 g/mol. The van der Waals surface area contributed by atoms with Crippen molar-refractivity contribution < 1.29 is 14.7 Å². The number of aliphatic carboxylic acids is 1. The lowest BCUT2D eigenvalue weighted by Crippen LogP contribution is -2.40. The highest BCUT2D eigenvalue weighted by Gasteiger charge is 2.42. The number of hydrogen-bond acceptors (Lipinski definition) is 4. The van der Waals surface area contributed by atoms with Gasteiger partial charge < -0.3 is 15.3 Å². The minimum absolute atomic E-state index is 0.217. The summed E-state index contributed by atoms with van der Waals surface area (Å²) in [5.74, 6) is 0.658. The van der Waals surface area contributed by atoms with Gasteiger partial charge >= 0.3 is 12.0 Å². The number of imidazole rings is 1. The lowest BCUT2D eigenvalue weighted by Gasteiger charge is -2.21. The maximum Gasteiger partial charge on any atom is 0.317 e. The summed E-state index contributed by atoms with van der Waals surface area (Å²) < 4.78 is 1.86. The molecule has 8 heteroatoms. The molecule has 1 atom stereocenters. The van der Waals surface area contributed by atoms with E-state index in [1.54, 1.807) is 24.2 Å². The van der Waals surface area contributed by atoms with Gasteiger partial charge in [0, 0.05) is 43.8 Å². The number of likely N-dealkylation sites (tertiary alicyclic amines) is 1. The van der Waals surface area contributed by atoms with Gasteiger partial charge in [-0.15, -0.1) is 0 Å². The average Bonchev–Trinajstić information content (AvgIpc) is 3.20. The zero-order valence-electron chi connectivity index (χ0n) is 14.3. The molecular formula is C17H21N5O3. The standard InChI is InChI=1S/C17H21N5O3/c1-12-18-7-9-22(12)14-13(4-3-6-19-14)10-20-16(25)21-8-5-17(2,11-21)15(23)24/h3-4,6-7,9H,5,8,10-11H2,1-2H3,(H,20,25)(H,23,24). The van der Waals surface area contributed by atoms with Crippen molar-refractivity contribution in [3.05, 3.63) is 42.1 Å². The molecule has 2 aromatic rings. The van der Waals surface area contributed by atoms with Crippen molar-refractivity contribution in [1.29, 1.82) is 0 Å². The maximum atomic E-state index is 12.4. The first-order valence-electron chi connectivity index (χ1n) is 8.11. The van der Waals surface area contributed by atoms with Crippen molar-refractivity contribution in [2.75, 3.05) is 13.1 Å². The molecule has 25 heavy (non-hydrogen) atoms. The SMILES string of the molecule is Cc1nccn1-c1ncccc1CNC(=O)N1CCC(C)(C(=O)O)C1. The number of aromatic nitrogens is 3. The van der Waals surface area contributed by atoms with Gasteiger partial charge in [-0.05, 0) is 26.3 Å². The van der Waals surface area contributed by atoms with E-state index in [9.17, 15) is 14.7 Å². The van der Waals surface area contributed by atoms with Crippen LogP contribution in [-0.2, 0) is 11.3 Å². The van der Waals surface area contributed by atoms with Crippen molar-refractivity contribution in [3.63, 3.8) is 0 Å². The minimum Gasteiger partial charge on any atom is -0.481 e. The predicted octanol–water partition coefficient (Wildman–Crippen LogP) is 1.58. The van der Waals surface area contributed by atoms with Crippen LogP contribution in [0.5, 0.6) is 0 Å². The van der Waals surface area contributed by atoms with E-state index in [0.717, 1.165) is 17.2 Å². The number of carboxylic acid groups (broad SMARTS) is 1. The van der Waals surface area contributed by atoms with E-state index in [-0.39, 0.29) is 12.6 Å². The summed E-state index contributed by atoms with van der Waals surface area (Å²) in [5, 5.41) is 12.1. The van der Waals surface area contributed by atoms with E-state index in [1.165, 1.54) is 0 Å². The number of nitrogens with one attached hydrogen (secondary N) is 1. The fourth-order valence-electron chi connectivity index (χ4n) is 2.98. The van der Waals surface area contributed by atoms with Crippen molar-refractivity contribution in [3.8, 4) is 5.82 Å². The Morgan fingerprint density at radius 3 is 2.80 bits per heavy atom. The van der Waals surface area contributed by atoms with E-state index in [2.05, 4.69) is 15.3 Å². The van der Waals surface area contributed by atoms with Crippen LogP contribution in [0.25, 0.3) is 5.82 Å². The zero-order valence-corrected chi connectivity index (χ0v) is 14.3. The molecule has 3 rings (SSSR count). The van der Waals surface area contributed by atoms with Crippen LogP contribution in [0.1, 0.15) is 24.7 Å². The summed E-state index contributed by atoms with van der Waals surface area (Å²) in [7, 11) is 0. The number of carbonyl (C=O) groups excluding carboxylic acids is 1. The molecule has 1 aliphatic rings. The van der Waals surface area contributed by atoms with E-state index < -0.39 is 11.4 Å². The Labute approximate surface area is 145 Å². The molecule has 2 aromatic heterocycles. The third kappa shape index (κ3) is 3.33. The van der Waals surface area contributed by atoms with Crippen LogP contribution in [0, 0.1) is 12.3 Å². The number of rotatable bonds is 4. The molecule has 3 heterocycles. The van der Waals surface area contributed by atoms with Gasteiger partial charge in [-0.3, -0.25) is 9.36 Å².